The summed E-state index contributed by atoms with van der Waals surface area (Å²) >= 11 is 0. The van der Waals surface area contributed by atoms with Crippen molar-refractivity contribution in [2.75, 3.05) is 18.4 Å². The molecule has 2 rings (SSSR count). The molecule has 4 N–H and O–H groups in total. The van der Waals surface area contributed by atoms with E-state index in [4.69, 9.17) is 5.73 Å². The van der Waals surface area contributed by atoms with Gasteiger partial charge in [-0.15, -0.1) is 0 Å². The molecule has 1 aromatic rings. The van der Waals surface area contributed by atoms with Gasteiger partial charge in [0.15, 0.2) is 0 Å². The number of nitrogens with zero attached hydrogens (tertiary/aromatic N) is 1. The summed E-state index contributed by atoms with van der Waals surface area (Å²) in [5.41, 5.74) is 5.62. The van der Waals surface area contributed by atoms with Crippen LogP contribution in [0.4, 0.5) is 10.5 Å². The van der Waals surface area contributed by atoms with E-state index < -0.39 is 11.5 Å². The molecular formula is C16H23N3O3. The van der Waals surface area contributed by atoms with Crippen molar-refractivity contribution in [2.45, 2.75) is 38.2 Å². The number of likely N-dealkylation sites (tertiary alicyclic amines) is 1. The van der Waals surface area contributed by atoms with Crippen LogP contribution in [0.15, 0.2) is 24.3 Å². The zero-order chi connectivity index (χ0) is 16.3. The van der Waals surface area contributed by atoms with E-state index in [1.807, 2.05) is 24.3 Å². The van der Waals surface area contributed by atoms with Crippen LogP contribution in [0.3, 0.4) is 0 Å². The molecule has 3 amide bonds. The van der Waals surface area contributed by atoms with E-state index in [-0.39, 0.29) is 18.9 Å². The van der Waals surface area contributed by atoms with E-state index in [2.05, 4.69) is 19.2 Å². The average Bonchev–Trinajstić information content (AvgIpc) is 2.48. The van der Waals surface area contributed by atoms with Gasteiger partial charge in [0.05, 0.1) is 0 Å². The number of benzene rings is 1. The molecule has 22 heavy (non-hydrogen) atoms. The van der Waals surface area contributed by atoms with Crippen molar-refractivity contribution in [3.63, 3.8) is 0 Å². The monoisotopic (exact) mass is 305 g/mol. The molecule has 6 nitrogen and oxygen atoms in total. The summed E-state index contributed by atoms with van der Waals surface area (Å²) in [6, 6.07) is 7.49. The number of anilines is 1. The predicted octanol–water partition coefficient (Wildman–Crippen LogP) is 1.65. The highest BCUT2D eigenvalue weighted by Crippen LogP contribution is 2.23. The first-order valence-electron chi connectivity index (χ1n) is 7.50. The van der Waals surface area contributed by atoms with Gasteiger partial charge in [-0.25, -0.2) is 4.79 Å². The van der Waals surface area contributed by atoms with E-state index in [0.29, 0.717) is 19.0 Å². The molecule has 1 aliphatic heterocycles. The Morgan fingerprint density at radius 2 is 1.77 bits per heavy atom. The molecule has 1 aliphatic rings. The van der Waals surface area contributed by atoms with Gasteiger partial charge >= 0.3 is 6.03 Å². The van der Waals surface area contributed by atoms with Gasteiger partial charge in [-0.05, 0) is 23.6 Å². The number of urea groups is 1. The van der Waals surface area contributed by atoms with E-state index in [1.165, 1.54) is 5.56 Å². The summed E-state index contributed by atoms with van der Waals surface area (Å²) in [6.07, 6.45) is 0.337. The Morgan fingerprint density at radius 1 is 1.23 bits per heavy atom. The molecule has 0 bridgehead atoms. The summed E-state index contributed by atoms with van der Waals surface area (Å²) in [5.74, 6) is -0.282. The van der Waals surface area contributed by atoms with Gasteiger partial charge in [0.1, 0.15) is 5.60 Å². The molecule has 0 saturated carbocycles. The largest absolute Gasteiger partial charge is 0.380 e. The number of nitrogens with one attached hydrogen (secondary N) is 1. The number of hydrogen-bond donors (Lipinski definition) is 3. The fraction of sp³-hybridized carbons (Fsp3) is 0.500. The Kier molecular flexibility index (Phi) is 4.71. The SMILES string of the molecule is CC(C)c1ccc(NC(=O)N2CCC(O)(C(N)=O)CC2)cc1. The van der Waals surface area contributed by atoms with Crippen LogP contribution in [-0.4, -0.2) is 40.6 Å². The van der Waals surface area contributed by atoms with Crippen molar-refractivity contribution in [3.8, 4) is 0 Å². The number of nitrogens with two attached hydrogens (primary N) is 1. The lowest BCUT2D eigenvalue weighted by Gasteiger charge is -2.35. The van der Waals surface area contributed by atoms with Gasteiger partial charge in [0, 0.05) is 31.6 Å². The molecule has 1 fully saturated rings. The van der Waals surface area contributed by atoms with Crippen molar-refractivity contribution in [1.82, 2.24) is 4.90 Å². The number of carbonyl (C=O) groups is 2. The van der Waals surface area contributed by atoms with E-state index in [0.717, 1.165) is 5.69 Å². The Hall–Kier alpha value is -2.08. The van der Waals surface area contributed by atoms with Crippen LogP contribution < -0.4 is 11.1 Å². The lowest BCUT2D eigenvalue weighted by Crippen LogP contribution is -2.54. The second-order valence-electron chi connectivity index (χ2n) is 6.09. The minimum Gasteiger partial charge on any atom is -0.380 e. The van der Waals surface area contributed by atoms with E-state index in [9.17, 15) is 14.7 Å². The van der Waals surface area contributed by atoms with E-state index >= 15 is 0 Å². The first kappa shape index (κ1) is 16.3. The number of primary amides is 1. The van der Waals surface area contributed by atoms with Crippen LogP contribution in [0.2, 0.25) is 0 Å². The highest BCUT2D eigenvalue weighted by Gasteiger charge is 2.38. The minimum absolute atomic E-state index is 0.169. The lowest BCUT2D eigenvalue weighted by molar-refractivity contribution is -0.140. The summed E-state index contributed by atoms with van der Waals surface area (Å²) in [5, 5.41) is 12.8. The van der Waals surface area contributed by atoms with Crippen LogP contribution in [0.5, 0.6) is 0 Å². The first-order valence-corrected chi connectivity index (χ1v) is 7.50. The number of hydrogen-bond acceptors (Lipinski definition) is 3. The maximum atomic E-state index is 12.2. The maximum Gasteiger partial charge on any atom is 0.321 e. The third kappa shape index (κ3) is 3.57. The van der Waals surface area contributed by atoms with Crippen LogP contribution in [0, 0.1) is 0 Å². The summed E-state index contributed by atoms with van der Waals surface area (Å²) in [4.78, 5) is 24.9. The number of carbonyl (C=O) groups excluding carboxylic acids is 2. The van der Waals surface area contributed by atoms with Crippen molar-refractivity contribution in [1.29, 1.82) is 0 Å². The zero-order valence-corrected chi connectivity index (χ0v) is 13.0. The van der Waals surface area contributed by atoms with Gasteiger partial charge in [-0.2, -0.15) is 0 Å². The Balaban J connectivity index is 1.92. The molecule has 0 atom stereocenters. The molecule has 1 heterocycles. The van der Waals surface area contributed by atoms with Crippen molar-refractivity contribution in [2.24, 2.45) is 5.73 Å². The van der Waals surface area contributed by atoms with Gasteiger partial charge in [-0.1, -0.05) is 26.0 Å². The summed E-state index contributed by atoms with van der Waals surface area (Å²) in [6.45, 7) is 4.83. The molecule has 120 valence electrons. The molecule has 0 aliphatic carbocycles. The van der Waals surface area contributed by atoms with E-state index in [1.54, 1.807) is 4.90 Å². The number of amides is 3. The summed E-state index contributed by atoms with van der Waals surface area (Å²) < 4.78 is 0. The van der Waals surface area contributed by atoms with Crippen molar-refractivity contribution < 1.29 is 14.7 Å². The second kappa shape index (κ2) is 6.36. The highest BCUT2D eigenvalue weighted by atomic mass is 16.3. The zero-order valence-electron chi connectivity index (χ0n) is 13.0. The maximum absolute atomic E-state index is 12.2. The van der Waals surface area contributed by atoms with Crippen LogP contribution >= 0.6 is 0 Å². The average molecular weight is 305 g/mol. The van der Waals surface area contributed by atoms with Crippen LogP contribution in [0.25, 0.3) is 0 Å². The number of aliphatic hydroxyl groups is 1. The molecule has 1 aromatic carbocycles. The van der Waals surface area contributed by atoms with Crippen LogP contribution in [0.1, 0.15) is 38.2 Å². The summed E-state index contributed by atoms with van der Waals surface area (Å²) in [7, 11) is 0. The molecule has 1 saturated heterocycles. The quantitative estimate of drug-likeness (QED) is 0.792. The third-order valence-electron chi connectivity index (χ3n) is 4.17. The molecule has 6 heteroatoms. The normalized spacial score (nSPS) is 17.4. The Morgan fingerprint density at radius 3 is 2.23 bits per heavy atom. The van der Waals surface area contributed by atoms with Crippen molar-refractivity contribution >= 4 is 17.6 Å². The minimum atomic E-state index is -1.49. The molecule has 0 unspecified atom stereocenters. The van der Waals surface area contributed by atoms with Crippen LogP contribution in [-0.2, 0) is 4.79 Å². The Labute approximate surface area is 130 Å². The fourth-order valence-electron chi connectivity index (χ4n) is 2.48. The highest BCUT2D eigenvalue weighted by molar-refractivity contribution is 5.90. The molecular weight excluding hydrogens is 282 g/mol. The topological polar surface area (TPSA) is 95.7 Å². The fourth-order valence-corrected chi connectivity index (χ4v) is 2.48. The standard InChI is InChI=1S/C16H23N3O3/c1-11(2)12-3-5-13(6-4-12)18-15(21)19-9-7-16(22,8-10-19)14(17)20/h3-6,11,22H,7-10H2,1-2H3,(H2,17,20)(H,18,21). The smallest absolute Gasteiger partial charge is 0.321 e. The first-order chi connectivity index (χ1) is 10.3. The Bertz CT molecular complexity index is 546. The molecule has 0 spiro atoms. The second-order valence-corrected chi connectivity index (χ2v) is 6.09. The lowest BCUT2D eigenvalue weighted by atomic mass is 9.91. The van der Waals surface area contributed by atoms with Gasteiger partial charge in [0.2, 0.25) is 5.91 Å². The van der Waals surface area contributed by atoms with Gasteiger partial charge in [0.25, 0.3) is 0 Å². The third-order valence-corrected chi connectivity index (χ3v) is 4.17. The van der Waals surface area contributed by atoms with Crippen molar-refractivity contribution in [3.05, 3.63) is 29.8 Å². The predicted molar refractivity (Wildman–Crippen MR) is 84.5 cm³/mol. The molecule has 0 aromatic heterocycles. The molecule has 0 radical (unpaired) electrons. The van der Waals surface area contributed by atoms with Gasteiger partial charge in [-0.3, -0.25) is 4.79 Å². The number of rotatable bonds is 3. The number of piperidine rings is 1. The van der Waals surface area contributed by atoms with Gasteiger partial charge < -0.3 is 21.1 Å².